The van der Waals surface area contributed by atoms with Gasteiger partial charge in [-0.15, -0.1) is 11.3 Å². The lowest BCUT2D eigenvalue weighted by Crippen LogP contribution is -2.26. The second-order valence-corrected chi connectivity index (χ2v) is 8.02. The Kier molecular flexibility index (Phi) is 6.79. The van der Waals surface area contributed by atoms with Crippen molar-refractivity contribution in [2.75, 3.05) is 12.0 Å². The summed E-state index contributed by atoms with van der Waals surface area (Å²) in [5, 5.41) is 9.61. The van der Waals surface area contributed by atoms with E-state index in [2.05, 4.69) is 11.1 Å². The number of aromatic nitrogens is 1. The Morgan fingerprint density at radius 3 is 2.63 bits per heavy atom. The van der Waals surface area contributed by atoms with Gasteiger partial charge in [-0.2, -0.15) is 5.26 Å². The third kappa shape index (κ3) is 4.83. The number of methoxy groups -OCH3 is 1. The van der Waals surface area contributed by atoms with Gasteiger partial charge in [0.1, 0.15) is 11.4 Å². The number of hydrogen-bond donors (Lipinski definition) is 2. The molecule has 8 nitrogen and oxygen atoms in total. The molecule has 30 heavy (non-hydrogen) atoms. The summed E-state index contributed by atoms with van der Waals surface area (Å²) in [6, 6.07) is 16.7. The molecule has 1 atom stereocenters. The van der Waals surface area contributed by atoms with Crippen LogP contribution in [0.15, 0.2) is 48.5 Å². The first-order valence-electron chi connectivity index (χ1n) is 8.71. The van der Waals surface area contributed by atoms with Crippen LogP contribution >= 0.6 is 11.3 Å². The lowest BCUT2D eigenvalue weighted by molar-refractivity contribution is 0.0976. The number of aryl methyl sites for hydroxylation is 1. The van der Waals surface area contributed by atoms with Crippen molar-refractivity contribution in [3.8, 4) is 11.8 Å². The predicted octanol–water partition coefficient (Wildman–Crippen LogP) is 3.54. The van der Waals surface area contributed by atoms with E-state index >= 15 is 0 Å². The number of carbonyl (C=O) groups excluding carboxylic acids is 1. The van der Waals surface area contributed by atoms with Crippen molar-refractivity contribution < 1.29 is 18.3 Å². The molecule has 0 saturated carbocycles. The van der Waals surface area contributed by atoms with E-state index in [0.29, 0.717) is 27.9 Å². The maximum atomic E-state index is 12.2. The Labute approximate surface area is 180 Å². The minimum Gasteiger partial charge on any atom is -0.496 e. The molecule has 154 valence electrons. The molecule has 0 saturated heterocycles. The van der Waals surface area contributed by atoms with Gasteiger partial charge in [0.15, 0.2) is 5.13 Å². The number of thiazole rings is 1. The van der Waals surface area contributed by atoms with Gasteiger partial charge >= 0.3 is 0 Å². The lowest BCUT2D eigenvalue weighted by Gasteiger charge is -2.23. The van der Waals surface area contributed by atoms with Crippen molar-refractivity contribution >= 4 is 39.3 Å². The second kappa shape index (κ2) is 9.49. The zero-order chi connectivity index (χ0) is 21.7. The molecule has 0 spiro atoms. The van der Waals surface area contributed by atoms with Crippen molar-refractivity contribution in [2.45, 2.75) is 13.5 Å². The molecule has 0 bridgehead atoms. The maximum Gasteiger partial charge on any atom is 0.284 e. The van der Waals surface area contributed by atoms with Gasteiger partial charge in [-0.1, -0.05) is 18.2 Å². The van der Waals surface area contributed by atoms with Crippen LogP contribution in [0.3, 0.4) is 0 Å². The Bertz CT molecular complexity index is 1120. The van der Waals surface area contributed by atoms with Crippen molar-refractivity contribution in [3.05, 3.63) is 70.2 Å². The van der Waals surface area contributed by atoms with Gasteiger partial charge in [0.05, 0.1) is 25.3 Å². The fourth-order valence-electron chi connectivity index (χ4n) is 2.83. The number of amides is 1. The Morgan fingerprint density at radius 1 is 1.30 bits per heavy atom. The summed E-state index contributed by atoms with van der Waals surface area (Å²) in [5.41, 5.74) is 2.28. The zero-order valence-corrected chi connectivity index (χ0v) is 17.8. The summed E-state index contributed by atoms with van der Waals surface area (Å²) in [5.74, 6) is -0.0222. The summed E-state index contributed by atoms with van der Waals surface area (Å²) in [7, 11) is 1.59. The van der Waals surface area contributed by atoms with E-state index in [4.69, 9.17) is 14.6 Å². The normalized spacial score (nSPS) is 11.4. The fraction of sp³-hybridized carbons (Fsp3) is 0.150. The van der Waals surface area contributed by atoms with Crippen LogP contribution in [0.5, 0.6) is 5.75 Å². The Hall–Kier alpha value is -3.26. The zero-order valence-electron chi connectivity index (χ0n) is 16.2. The summed E-state index contributed by atoms with van der Waals surface area (Å²) in [6.07, 6.45) is 0. The number of nitrogens with zero attached hydrogens (tertiary/aromatic N) is 3. The van der Waals surface area contributed by atoms with Crippen LogP contribution in [-0.2, 0) is 17.8 Å². The molecular formula is C20H18N4O4S2. The average molecular weight is 443 g/mol. The van der Waals surface area contributed by atoms with Gasteiger partial charge in [-0.25, -0.2) is 13.9 Å². The third-order valence-electron chi connectivity index (χ3n) is 4.24. The molecule has 1 heterocycles. The summed E-state index contributed by atoms with van der Waals surface area (Å²) in [6.45, 7) is 2.12. The highest BCUT2D eigenvalue weighted by Crippen LogP contribution is 2.34. The van der Waals surface area contributed by atoms with Crippen LogP contribution in [0.2, 0.25) is 0 Å². The minimum atomic E-state index is -2.48. The first kappa shape index (κ1) is 21.4. The summed E-state index contributed by atoms with van der Waals surface area (Å²) in [4.78, 5) is 19.1. The molecule has 2 aromatic carbocycles. The molecule has 3 rings (SSSR count). The first-order chi connectivity index (χ1) is 14.4. The van der Waals surface area contributed by atoms with Gasteiger partial charge < -0.3 is 9.64 Å². The van der Waals surface area contributed by atoms with Crippen molar-refractivity contribution in [3.63, 3.8) is 0 Å². The van der Waals surface area contributed by atoms with E-state index < -0.39 is 17.2 Å². The minimum absolute atomic E-state index is 0.0797. The summed E-state index contributed by atoms with van der Waals surface area (Å²) < 4.78 is 27.3. The highest BCUT2D eigenvalue weighted by molar-refractivity contribution is 7.77. The summed E-state index contributed by atoms with van der Waals surface area (Å²) >= 11 is -1.19. The Morgan fingerprint density at radius 2 is 2.00 bits per heavy atom. The van der Waals surface area contributed by atoms with Gasteiger partial charge in [0.25, 0.3) is 17.2 Å². The lowest BCUT2D eigenvalue weighted by atomic mass is 10.1. The van der Waals surface area contributed by atoms with Crippen LogP contribution < -0.4 is 14.4 Å². The monoisotopic (exact) mass is 442 g/mol. The Balaban J connectivity index is 2.04. The number of hydrogen-bond acceptors (Lipinski definition) is 7. The van der Waals surface area contributed by atoms with E-state index in [1.54, 1.807) is 38.3 Å². The van der Waals surface area contributed by atoms with Gasteiger partial charge in [0, 0.05) is 16.1 Å². The highest BCUT2D eigenvalue weighted by Gasteiger charge is 2.22. The molecular weight excluding hydrogens is 424 g/mol. The molecule has 1 aromatic heterocycles. The number of nitrogens with one attached hydrogen (secondary N) is 1. The number of carbonyl (C=O) groups is 1. The highest BCUT2D eigenvalue weighted by atomic mass is 32.2. The molecule has 1 amide bonds. The third-order valence-corrected chi connectivity index (χ3v) is 5.59. The van der Waals surface area contributed by atoms with E-state index in [-0.39, 0.29) is 5.69 Å². The molecule has 0 radical (unpaired) electrons. The number of benzene rings is 2. The molecule has 0 aliphatic rings. The van der Waals surface area contributed by atoms with Crippen molar-refractivity contribution in [1.82, 2.24) is 9.71 Å². The molecule has 2 N–H and O–H groups in total. The number of anilines is 2. The molecule has 10 heteroatoms. The quantitative estimate of drug-likeness (QED) is 0.538. The molecule has 3 aromatic rings. The van der Waals surface area contributed by atoms with E-state index in [1.807, 2.05) is 33.9 Å². The van der Waals surface area contributed by atoms with Gasteiger partial charge in [-0.05, 0) is 37.3 Å². The van der Waals surface area contributed by atoms with Gasteiger partial charge in [0.2, 0.25) is 0 Å². The molecule has 1 unspecified atom stereocenters. The molecule has 0 fully saturated rings. The standard InChI is InChI=1S/C20H18N4O4S2/c1-13-18(19(25)23-30(26)27)22-20(29-13)24(16-9-7-14(11-21)8-10-16)12-15-5-3-4-6-17(15)28-2/h3-10H,12H2,1-2H3,(H,23,25)(H,26,27). The largest absolute Gasteiger partial charge is 0.496 e. The molecule has 0 aliphatic carbocycles. The van der Waals surface area contributed by atoms with E-state index in [1.165, 1.54) is 11.3 Å². The fourth-order valence-corrected chi connectivity index (χ4v) is 4.01. The smallest absolute Gasteiger partial charge is 0.284 e. The number of rotatable bonds is 7. The van der Waals surface area contributed by atoms with Crippen LogP contribution in [0.1, 0.15) is 26.5 Å². The van der Waals surface area contributed by atoms with Crippen LogP contribution in [-0.4, -0.2) is 26.8 Å². The van der Waals surface area contributed by atoms with Crippen molar-refractivity contribution in [1.29, 1.82) is 5.26 Å². The average Bonchev–Trinajstić information content (AvgIpc) is 3.13. The van der Waals surface area contributed by atoms with Crippen LogP contribution in [0.25, 0.3) is 0 Å². The van der Waals surface area contributed by atoms with E-state index in [0.717, 1.165) is 11.3 Å². The number of ether oxygens (including phenoxy) is 1. The SMILES string of the molecule is COc1ccccc1CN(c1ccc(C#N)cc1)c1nc(C(=O)NS(=O)O)c(C)s1. The van der Waals surface area contributed by atoms with Crippen LogP contribution in [0.4, 0.5) is 10.8 Å². The first-order valence-corrected chi connectivity index (χ1v) is 10.6. The number of nitriles is 1. The maximum absolute atomic E-state index is 12.2. The topological polar surface area (TPSA) is 116 Å². The van der Waals surface area contributed by atoms with Gasteiger partial charge in [-0.3, -0.25) is 9.35 Å². The predicted molar refractivity (Wildman–Crippen MR) is 115 cm³/mol. The van der Waals surface area contributed by atoms with Crippen LogP contribution in [0, 0.1) is 18.3 Å². The van der Waals surface area contributed by atoms with Crippen molar-refractivity contribution in [2.24, 2.45) is 0 Å². The van der Waals surface area contributed by atoms with E-state index in [9.17, 15) is 9.00 Å². The molecule has 0 aliphatic heterocycles. The second-order valence-electron chi connectivity index (χ2n) is 6.14. The number of para-hydroxylation sites is 1.